The van der Waals surface area contributed by atoms with Gasteiger partial charge in [-0.1, -0.05) is 60.7 Å². The van der Waals surface area contributed by atoms with E-state index >= 15 is 0 Å². The Morgan fingerprint density at radius 1 is 0.800 bits per heavy atom. The quantitative estimate of drug-likeness (QED) is 0.708. The second-order valence-electron chi connectivity index (χ2n) is 8.08. The number of methoxy groups -OCH3 is 2. The van der Waals surface area contributed by atoms with Gasteiger partial charge in [0.2, 0.25) is 0 Å². The van der Waals surface area contributed by atoms with Crippen molar-refractivity contribution >= 4 is 11.9 Å². The van der Waals surface area contributed by atoms with E-state index in [9.17, 15) is 19.8 Å². The summed E-state index contributed by atoms with van der Waals surface area (Å²) in [6.07, 6.45) is -2.15. The highest BCUT2D eigenvalue weighted by atomic mass is 16.5. The van der Waals surface area contributed by atoms with Crippen LogP contribution in [0.15, 0.2) is 60.7 Å². The van der Waals surface area contributed by atoms with Gasteiger partial charge in [-0.25, -0.2) is 0 Å². The molecule has 1 aliphatic rings. The highest BCUT2D eigenvalue weighted by Gasteiger charge is 2.63. The van der Waals surface area contributed by atoms with Crippen LogP contribution in [0.3, 0.4) is 0 Å². The minimum absolute atomic E-state index is 0.0106. The van der Waals surface area contributed by atoms with E-state index in [2.05, 4.69) is 0 Å². The summed E-state index contributed by atoms with van der Waals surface area (Å²) in [6.45, 7) is 0. The lowest BCUT2D eigenvalue weighted by molar-refractivity contribution is -0.200. The van der Waals surface area contributed by atoms with E-state index in [1.807, 2.05) is 60.7 Å². The number of aliphatic hydroxyl groups excluding tert-OH is 2. The first kappa shape index (κ1) is 22.0. The fourth-order valence-corrected chi connectivity index (χ4v) is 4.86. The van der Waals surface area contributed by atoms with E-state index in [-0.39, 0.29) is 25.7 Å². The zero-order chi connectivity index (χ0) is 21.8. The number of benzene rings is 2. The number of rotatable bonds is 6. The molecule has 2 atom stereocenters. The molecule has 1 saturated carbocycles. The molecule has 1 aliphatic carbocycles. The van der Waals surface area contributed by atoms with Gasteiger partial charge in [0.15, 0.2) is 0 Å². The van der Waals surface area contributed by atoms with Crippen molar-refractivity contribution in [3.8, 4) is 0 Å². The molecule has 6 heteroatoms. The molecule has 2 unspecified atom stereocenters. The van der Waals surface area contributed by atoms with Crippen molar-refractivity contribution in [2.45, 2.75) is 37.9 Å². The fourth-order valence-electron chi connectivity index (χ4n) is 4.86. The summed E-state index contributed by atoms with van der Waals surface area (Å²) in [6, 6.07) is 18.4. The Labute approximate surface area is 176 Å². The lowest BCUT2D eigenvalue weighted by Gasteiger charge is -2.50. The molecule has 0 bridgehead atoms. The van der Waals surface area contributed by atoms with Crippen LogP contribution in [-0.4, -0.2) is 48.6 Å². The van der Waals surface area contributed by atoms with E-state index in [0.717, 1.165) is 11.1 Å². The van der Waals surface area contributed by atoms with E-state index in [1.165, 1.54) is 14.2 Å². The molecule has 3 rings (SSSR count). The first-order chi connectivity index (χ1) is 14.4. The smallest absolute Gasteiger partial charge is 0.314 e. The maximum Gasteiger partial charge on any atom is 0.314 e. The number of aliphatic hydroxyl groups is 2. The molecule has 2 N–H and O–H groups in total. The first-order valence-corrected chi connectivity index (χ1v) is 9.99. The Bertz CT molecular complexity index is 796. The van der Waals surface area contributed by atoms with Crippen LogP contribution < -0.4 is 0 Å². The van der Waals surface area contributed by atoms with Crippen molar-refractivity contribution in [1.29, 1.82) is 0 Å². The van der Waals surface area contributed by atoms with E-state index in [0.29, 0.717) is 0 Å². The molecule has 2 aromatic carbocycles. The zero-order valence-corrected chi connectivity index (χ0v) is 17.3. The second-order valence-corrected chi connectivity index (χ2v) is 8.08. The summed E-state index contributed by atoms with van der Waals surface area (Å²) in [4.78, 5) is 26.1. The number of ether oxygens (including phenoxy) is 2. The average molecular weight is 412 g/mol. The van der Waals surface area contributed by atoms with Gasteiger partial charge in [0.1, 0.15) is 10.8 Å². The van der Waals surface area contributed by atoms with E-state index < -0.39 is 35.0 Å². The summed E-state index contributed by atoms with van der Waals surface area (Å²) < 4.78 is 10.2. The molecule has 30 heavy (non-hydrogen) atoms. The van der Waals surface area contributed by atoms with Crippen LogP contribution in [-0.2, 0) is 31.9 Å². The number of esters is 2. The van der Waals surface area contributed by atoms with E-state index in [1.54, 1.807) is 0 Å². The largest absolute Gasteiger partial charge is 0.469 e. The summed E-state index contributed by atoms with van der Waals surface area (Å²) in [5.41, 5.74) is -1.38. The molecule has 0 radical (unpaired) electrons. The molecule has 2 aromatic rings. The third-order valence-electron chi connectivity index (χ3n) is 6.16. The third-order valence-corrected chi connectivity index (χ3v) is 6.16. The summed E-state index contributed by atoms with van der Waals surface area (Å²) in [7, 11) is 2.50. The van der Waals surface area contributed by atoms with Crippen LogP contribution in [0.5, 0.6) is 0 Å². The normalized spacial score (nSPS) is 28.5. The Balaban J connectivity index is 2.13. The third kappa shape index (κ3) is 3.98. The summed E-state index contributed by atoms with van der Waals surface area (Å²) in [5.74, 6) is -1.31. The predicted octanol–water partition coefficient (Wildman–Crippen LogP) is 2.31. The molecular weight excluding hydrogens is 384 g/mol. The second kappa shape index (κ2) is 8.98. The minimum atomic E-state index is -1.49. The van der Waals surface area contributed by atoms with Gasteiger partial charge in [0.25, 0.3) is 0 Å². The predicted molar refractivity (Wildman–Crippen MR) is 110 cm³/mol. The molecule has 0 saturated heterocycles. The van der Waals surface area contributed by atoms with Crippen molar-refractivity contribution in [3.63, 3.8) is 0 Å². The number of carbonyl (C=O) groups excluding carboxylic acids is 2. The van der Waals surface area contributed by atoms with Gasteiger partial charge in [-0.2, -0.15) is 0 Å². The van der Waals surface area contributed by atoms with Crippen LogP contribution in [0.4, 0.5) is 0 Å². The number of carbonyl (C=O) groups is 2. The van der Waals surface area contributed by atoms with Gasteiger partial charge in [-0.05, 0) is 36.8 Å². The van der Waals surface area contributed by atoms with Crippen molar-refractivity contribution in [2.24, 2.45) is 10.8 Å². The standard InChI is InChI=1S/C24H28O6/c1-29-21(27)23(13-17-9-5-3-6-10-17)15-19(25)16-24(20(23)26,22(28)30-2)14-18-11-7-4-8-12-18/h3-12,19-20,25-26H,13-16H2,1-2H3. The molecule has 0 aromatic heterocycles. The fraction of sp³-hybridized carbons (Fsp3) is 0.417. The van der Waals surface area contributed by atoms with Gasteiger partial charge in [-0.3, -0.25) is 9.59 Å². The zero-order valence-electron chi connectivity index (χ0n) is 17.3. The lowest BCUT2D eigenvalue weighted by atomic mass is 9.55. The topological polar surface area (TPSA) is 93.1 Å². The van der Waals surface area contributed by atoms with Crippen LogP contribution in [0.1, 0.15) is 24.0 Å². The van der Waals surface area contributed by atoms with Crippen LogP contribution in [0, 0.1) is 10.8 Å². The summed E-state index contributed by atoms with van der Waals surface area (Å²) in [5, 5.41) is 22.5. The first-order valence-electron chi connectivity index (χ1n) is 9.99. The lowest BCUT2D eigenvalue weighted by Crippen LogP contribution is -2.63. The molecule has 0 spiro atoms. The molecule has 6 nitrogen and oxygen atoms in total. The Kier molecular flexibility index (Phi) is 6.58. The van der Waals surface area contributed by atoms with Gasteiger partial charge in [-0.15, -0.1) is 0 Å². The van der Waals surface area contributed by atoms with E-state index in [4.69, 9.17) is 9.47 Å². The molecule has 160 valence electrons. The maximum absolute atomic E-state index is 13.1. The number of hydrogen-bond donors (Lipinski definition) is 2. The minimum Gasteiger partial charge on any atom is -0.469 e. The van der Waals surface area contributed by atoms with Crippen LogP contribution in [0.2, 0.25) is 0 Å². The van der Waals surface area contributed by atoms with Crippen molar-refractivity contribution < 1.29 is 29.3 Å². The Morgan fingerprint density at radius 2 is 1.17 bits per heavy atom. The highest BCUT2D eigenvalue weighted by Crippen LogP contribution is 2.51. The van der Waals surface area contributed by atoms with Crippen LogP contribution in [0.25, 0.3) is 0 Å². The number of hydrogen-bond acceptors (Lipinski definition) is 6. The van der Waals surface area contributed by atoms with Crippen molar-refractivity contribution in [3.05, 3.63) is 71.8 Å². The van der Waals surface area contributed by atoms with Crippen molar-refractivity contribution in [1.82, 2.24) is 0 Å². The molecule has 0 aliphatic heterocycles. The van der Waals surface area contributed by atoms with Gasteiger partial charge in [0.05, 0.1) is 26.4 Å². The average Bonchev–Trinajstić information content (AvgIpc) is 2.77. The summed E-state index contributed by atoms with van der Waals surface area (Å²) >= 11 is 0. The SMILES string of the molecule is COC(=O)C1(Cc2ccccc2)CC(O)CC(Cc2ccccc2)(C(=O)OC)C1O. The highest BCUT2D eigenvalue weighted by molar-refractivity contribution is 5.84. The molecular formula is C24H28O6. The van der Waals surface area contributed by atoms with Crippen molar-refractivity contribution in [2.75, 3.05) is 14.2 Å². The maximum atomic E-state index is 13.1. The van der Waals surface area contributed by atoms with Crippen LogP contribution >= 0.6 is 0 Å². The monoisotopic (exact) mass is 412 g/mol. The molecule has 0 heterocycles. The Morgan fingerprint density at radius 3 is 1.50 bits per heavy atom. The van der Waals surface area contributed by atoms with Gasteiger partial charge < -0.3 is 19.7 Å². The van der Waals surface area contributed by atoms with Gasteiger partial charge >= 0.3 is 11.9 Å². The van der Waals surface area contributed by atoms with Gasteiger partial charge in [0, 0.05) is 0 Å². The Hall–Kier alpha value is -2.70. The molecule has 0 amide bonds. The molecule has 1 fully saturated rings.